The van der Waals surface area contributed by atoms with Crippen molar-refractivity contribution in [3.05, 3.63) is 47.5 Å². The minimum Gasteiger partial charge on any atom is -0.490 e. The molecule has 0 radical (unpaired) electrons. The standard InChI is InChI=1S/C25H29NO5/c27-25(19-10-11-21-23(14-19)29-13-5-12-28-21)26(15-18-6-2-1-3-7-18)16-20-8-4-9-22-24(20)31-17-30-22/h4,8-11,14,18H,1-3,5-7,12-13,15-17H2. The SMILES string of the molecule is O=C(c1ccc2c(c1)OCCCO2)N(Cc1cccc2c1OCO2)CC1CCCCC1. The summed E-state index contributed by atoms with van der Waals surface area (Å²) in [5.74, 6) is 3.41. The number of nitrogens with zero attached hydrogens (tertiary/aromatic N) is 1. The van der Waals surface area contributed by atoms with Crippen molar-refractivity contribution < 1.29 is 23.7 Å². The molecular formula is C25H29NO5. The minimum absolute atomic E-state index is 0.0118. The smallest absolute Gasteiger partial charge is 0.254 e. The largest absolute Gasteiger partial charge is 0.490 e. The van der Waals surface area contributed by atoms with Crippen molar-refractivity contribution in [3.63, 3.8) is 0 Å². The predicted octanol–water partition coefficient (Wildman–Crippen LogP) is 4.80. The summed E-state index contributed by atoms with van der Waals surface area (Å²) < 4.78 is 22.8. The normalized spacial score (nSPS) is 17.8. The molecule has 2 heterocycles. The van der Waals surface area contributed by atoms with Crippen LogP contribution in [-0.2, 0) is 6.54 Å². The second-order valence-corrected chi connectivity index (χ2v) is 8.55. The van der Waals surface area contributed by atoms with Gasteiger partial charge < -0.3 is 23.8 Å². The molecule has 6 heteroatoms. The molecule has 0 unspecified atom stereocenters. The van der Waals surface area contributed by atoms with Crippen molar-refractivity contribution in [2.75, 3.05) is 26.6 Å². The van der Waals surface area contributed by atoms with Crippen molar-refractivity contribution in [2.24, 2.45) is 5.92 Å². The van der Waals surface area contributed by atoms with E-state index in [0.717, 1.165) is 30.0 Å². The van der Waals surface area contributed by atoms with E-state index < -0.39 is 0 Å². The van der Waals surface area contributed by atoms with E-state index in [1.54, 1.807) is 0 Å². The average molecular weight is 424 g/mol. The van der Waals surface area contributed by atoms with Crippen LogP contribution >= 0.6 is 0 Å². The van der Waals surface area contributed by atoms with Gasteiger partial charge >= 0.3 is 0 Å². The summed E-state index contributed by atoms with van der Waals surface area (Å²) in [5, 5.41) is 0. The highest BCUT2D eigenvalue weighted by molar-refractivity contribution is 5.95. The van der Waals surface area contributed by atoms with Crippen molar-refractivity contribution in [1.29, 1.82) is 0 Å². The lowest BCUT2D eigenvalue weighted by atomic mass is 9.88. The molecule has 1 aliphatic carbocycles. The van der Waals surface area contributed by atoms with Crippen LogP contribution in [0.1, 0.15) is 54.4 Å². The van der Waals surface area contributed by atoms with Crippen LogP contribution in [0.4, 0.5) is 0 Å². The number of carbonyl (C=O) groups excluding carboxylic acids is 1. The molecule has 1 fully saturated rings. The summed E-state index contributed by atoms with van der Waals surface area (Å²) in [6, 6.07) is 11.4. The number of amides is 1. The Bertz CT molecular complexity index is 938. The zero-order chi connectivity index (χ0) is 21.0. The fraction of sp³-hybridized carbons (Fsp3) is 0.480. The Morgan fingerprint density at radius 2 is 1.71 bits per heavy atom. The third-order valence-electron chi connectivity index (χ3n) is 6.32. The highest BCUT2D eigenvalue weighted by Crippen LogP contribution is 2.37. The van der Waals surface area contributed by atoms with Gasteiger partial charge in [0.1, 0.15) is 0 Å². The minimum atomic E-state index is 0.0118. The molecule has 2 aliphatic heterocycles. The van der Waals surface area contributed by atoms with E-state index in [1.807, 2.05) is 41.3 Å². The second kappa shape index (κ2) is 9.08. The number of rotatable bonds is 5. The van der Waals surface area contributed by atoms with Crippen LogP contribution < -0.4 is 18.9 Å². The molecule has 164 valence electrons. The first kappa shape index (κ1) is 20.0. The number of benzene rings is 2. The fourth-order valence-electron chi connectivity index (χ4n) is 4.70. The van der Waals surface area contributed by atoms with Gasteiger partial charge in [0.25, 0.3) is 5.91 Å². The second-order valence-electron chi connectivity index (χ2n) is 8.55. The van der Waals surface area contributed by atoms with Gasteiger partial charge in [-0.05, 0) is 43.0 Å². The summed E-state index contributed by atoms with van der Waals surface area (Å²) in [6.07, 6.45) is 6.98. The van der Waals surface area contributed by atoms with E-state index >= 15 is 0 Å². The zero-order valence-electron chi connectivity index (χ0n) is 17.8. The average Bonchev–Trinajstić information content (AvgIpc) is 3.17. The third-order valence-corrected chi connectivity index (χ3v) is 6.32. The first-order chi connectivity index (χ1) is 15.3. The van der Waals surface area contributed by atoms with Crippen LogP contribution in [0.25, 0.3) is 0 Å². The van der Waals surface area contributed by atoms with Crippen molar-refractivity contribution >= 4 is 5.91 Å². The molecular weight excluding hydrogens is 394 g/mol. The molecule has 0 aromatic heterocycles. The first-order valence-corrected chi connectivity index (χ1v) is 11.3. The van der Waals surface area contributed by atoms with Crippen LogP contribution in [0.3, 0.4) is 0 Å². The molecule has 0 atom stereocenters. The summed E-state index contributed by atoms with van der Waals surface area (Å²) in [4.78, 5) is 15.6. The lowest BCUT2D eigenvalue weighted by Crippen LogP contribution is -2.35. The third kappa shape index (κ3) is 4.43. The molecule has 0 saturated heterocycles. The maximum absolute atomic E-state index is 13.7. The van der Waals surface area contributed by atoms with Gasteiger partial charge in [-0.25, -0.2) is 0 Å². The molecule has 3 aliphatic rings. The topological polar surface area (TPSA) is 57.2 Å². The Morgan fingerprint density at radius 1 is 0.871 bits per heavy atom. The van der Waals surface area contributed by atoms with Gasteiger partial charge in [0.05, 0.1) is 13.2 Å². The van der Waals surface area contributed by atoms with Crippen LogP contribution in [0.2, 0.25) is 0 Å². The van der Waals surface area contributed by atoms with E-state index in [9.17, 15) is 4.79 Å². The van der Waals surface area contributed by atoms with E-state index in [2.05, 4.69) is 0 Å². The Kier molecular flexibility index (Phi) is 5.87. The number of fused-ring (bicyclic) bond motifs is 2. The molecule has 1 saturated carbocycles. The van der Waals surface area contributed by atoms with E-state index in [-0.39, 0.29) is 12.7 Å². The van der Waals surface area contributed by atoms with Crippen LogP contribution in [0.15, 0.2) is 36.4 Å². The van der Waals surface area contributed by atoms with Gasteiger partial charge in [-0.1, -0.05) is 31.4 Å². The van der Waals surface area contributed by atoms with E-state index in [4.69, 9.17) is 18.9 Å². The molecule has 2 aromatic carbocycles. The van der Waals surface area contributed by atoms with E-state index in [1.165, 1.54) is 32.1 Å². The van der Waals surface area contributed by atoms with Gasteiger partial charge in [-0.2, -0.15) is 0 Å². The van der Waals surface area contributed by atoms with Crippen LogP contribution in [0, 0.1) is 5.92 Å². The number of hydrogen-bond acceptors (Lipinski definition) is 5. The van der Waals surface area contributed by atoms with Gasteiger partial charge in [-0.15, -0.1) is 0 Å². The Morgan fingerprint density at radius 3 is 2.58 bits per heavy atom. The van der Waals surface area contributed by atoms with Gasteiger partial charge in [-0.3, -0.25) is 4.79 Å². The molecule has 31 heavy (non-hydrogen) atoms. The molecule has 2 aromatic rings. The summed E-state index contributed by atoms with van der Waals surface area (Å²) >= 11 is 0. The lowest BCUT2D eigenvalue weighted by Gasteiger charge is -2.30. The molecule has 0 bridgehead atoms. The monoisotopic (exact) mass is 423 g/mol. The number of ether oxygens (including phenoxy) is 4. The Balaban J connectivity index is 1.41. The van der Waals surface area contributed by atoms with Gasteiger partial charge in [0.15, 0.2) is 23.0 Å². The Hall–Kier alpha value is -2.89. The van der Waals surface area contributed by atoms with Crippen LogP contribution in [-0.4, -0.2) is 37.4 Å². The Labute approximate surface area is 183 Å². The highest BCUT2D eigenvalue weighted by atomic mass is 16.7. The summed E-state index contributed by atoms with van der Waals surface area (Å²) in [6.45, 7) is 2.71. The van der Waals surface area contributed by atoms with Gasteiger partial charge in [0, 0.05) is 30.6 Å². The highest BCUT2D eigenvalue weighted by Gasteiger charge is 2.26. The van der Waals surface area contributed by atoms with Crippen LogP contribution in [0.5, 0.6) is 23.0 Å². The molecule has 1 amide bonds. The van der Waals surface area contributed by atoms with E-state index in [0.29, 0.717) is 42.7 Å². The fourth-order valence-corrected chi connectivity index (χ4v) is 4.70. The summed E-state index contributed by atoms with van der Waals surface area (Å²) in [7, 11) is 0. The van der Waals surface area contributed by atoms with Crippen molar-refractivity contribution in [3.8, 4) is 23.0 Å². The quantitative estimate of drug-likeness (QED) is 0.692. The summed E-state index contributed by atoms with van der Waals surface area (Å²) in [5.41, 5.74) is 1.61. The number of hydrogen-bond donors (Lipinski definition) is 0. The molecule has 6 nitrogen and oxygen atoms in total. The lowest BCUT2D eigenvalue weighted by molar-refractivity contribution is 0.0697. The predicted molar refractivity (Wildman–Crippen MR) is 116 cm³/mol. The zero-order valence-corrected chi connectivity index (χ0v) is 17.8. The number of carbonyl (C=O) groups is 1. The maximum Gasteiger partial charge on any atom is 0.254 e. The van der Waals surface area contributed by atoms with Crippen molar-refractivity contribution in [1.82, 2.24) is 4.90 Å². The molecule has 0 spiro atoms. The molecule has 0 N–H and O–H groups in total. The van der Waals surface area contributed by atoms with Crippen molar-refractivity contribution in [2.45, 2.75) is 45.1 Å². The molecule has 5 rings (SSSR count). The van der Waals surface area contributed by atoms with Gasteiger partial charge in [0.2, 0.25) is 6.79 Å². The number of para-hydroxylation sites is 1. The first-order valence-electron chi connectivity index (χ1n) is 11.3. The maximum atomic E-state index is 13.7.